The smallest absolute Gasteiger partial charge is 0.328 e. The highest BCUT2D eigenvalue weighted by atomic mass is 16.5. The van der Waals surface area contributed by atoms with E-state index >= 15 is 0 Å². The zero-order valence-electron chi connectivity index (χ0n) is 9.67. The summed E-state index contributed by atoms with van der Waals surface area (Å²) >= 11 is 0. The number of imidazole rings is 1. The van der Waals surface area contributed by atoms with Crippen molar-refractivity contribution >= 4 is 0 Å². The van der Waals surface area contributed by atoms with Crippen molar-refractivity contribution in [1.82, 2.24) is 19.3 Å². The van der Waals surface area contributed by atoms with Crippen LogP contribution in [-0.2, 0) is 13.0 Å². The molecule has 1 fully saturated rings. The van der Waals surface area contributed by atoms with Gasteiger partial charge in [0.25, 0.3) is 0 Å². The largest absolute Gasteiger partial charge is 0.337 e. The average Bonchev–Trinajstić information content (AvgIpc) is 2.97. The summed E-state index contributed by atoms with van der Waals surface area (Å²) in [5.41, 5.74) is 0.00347. The Balaban J connectivity index is 1.82. The first-order valence-electron chi connectivity index (χ1n) is 5.86. The van der Waals surface area contributed by atoms with Gasteiger partial charge in [0.2, 0.25) is 5.89 Å². The van der Waals surface area contributed by atoms with Crippen LogP contribution in [0.2, 0.25) is 0 Å². The van der Waals surface area contributed by atoms with E-state index in [1.807, 2.05) is 13.1 Å². The lowest BCUT2D eigenvalue weighted by molar-refractivity contribution is 0.364. The standard InChI is InChI=1S/C11H14N4O2/c1-2-9-12-10(17-13-9)7-14-5-6-15(11(14)16)8-3-4-8/h5-6,8H,2-4,7H2,1H3. The van der Waals surface area contributed by atoms with Crippen LogP contribution < -0.4 is 5.69 Å². The minimum absolute atomic E-state index is 0.00347. The van der Waals surface area contributed by atoms with Crippen molar-refractivity contribution in [3.63, 3.8) is 0 Å². The van der Waals surface area contributed by atoms with Gasteiger partial charge in [-0.2, -0.15) is 4.98 Å². The van der Waals surface area contributed by atoms with Crippen molar-refractivity contribution in [3.05, 3.63) is 34.6 Å². The topological polar surface area (TPSA) is 65.8 Å². The SMILES string of the molecule is CCc1noc(Cn2ccn(C3CC3)c2=O)n1. The van der Waals surface area contributed by atoms with Crippen LogP contribution in [0, 0.1) is 0 Å². The van der Waals surface area contributed by atoms with Gasteiger partial charge in [-0.05, 0) is 12.8 Å². The van der Waals surface area contributed by atoms with Crippen LogP contribution in [-0.4, -0.2) is 19.3 Å². The van der Waals surface area contributed by atoms with Gasteiger partial charge >= 0.3 is 5.69 Å². The van der Waals surface area contributed by atoms with Gasteiger partial charge in [0.05, 0.1) is 0 Å². The molecule has 0 aromatic carbocycles. The molecule has 3 rings (SSSR count). The monoisotopic (exact) mass is 234 g/mol. The molecule has 0 saturated heterocycles. The number of hydrogen-bond acceptors (Lipinski definition) is 4. The number of aromatic nitrogens is 4. The molecule has 0 radical (unpaired) electrons. The van der Waals surface area contributed by atoms with E-state index in [2.05, 4.69) is 10.1 Å². The van der Waals surface area contributed by atoms with Crippen molar-refractivity contribution in [2.45, 2.75) is 38.8 Å². The molecule has 2 aromatic rings. The maximum absolute atomic E-state index is 12.0. The van der Waals surface area contributed by atoms with Gasteiger partial charge in [-0.25, -0.2) is 4.79 Å². The Bertz CT molecular complexity index is 576. The van der Waals surface area contributed by atoms with Gasteiger partial charge in [-0.15, -0.1) is 0 Å². The van der Waals surface area contributed by atoms with Gasteiger partial charge < -0.3 is 4.52 Å². The summed E-state index contributed by atoms with van der Waals surface area (Å²) in [6.45, 7) is 2.32. The Morgan fingerprint density at radius 2 is 2.29 bits per heavy atom. The molecular formula is C11H14N4O2. The fourth-order valence-electron chi connectivity index (χ4n) is 1.82. The minimum Gasteiger partial charge on any atom is -0.337 e. The van der Waals surface area contributed by atoms with Crippen molar-refractivity contribution in [1.29, 1.82) is 0 Å². The third-order valence-electron chi connectivity index (χ3n) is 2.95. The van der Waals surface area contributed by atoms with Crippen molar-refractivity contribution < 1.29 is 4.52 Å². The lowest BCUT2D eigenvalue weighted by Crippen LogP contribution is -2.23. The van der Waals surface area contributed by atoms with E-state index in [1.54, 1.807) is 15.3 Å². The van der Waals surface area contributed by atoms with Crippen LogP contribution in [0.5, 0.6) is 0 Å². The first-order chi connectivity index (χ1) is 8.28. The second kappa shape index (κ2) is 3.87. The zero-order valence-corrected chi connectivity index (χ0v) is 9.67. The summed E-state index contributed by atoms with van der Waals surface area (Å²) in [5, 5.41) is 3.81. The maximum atomic E-state index is 12.0. The van der Waals surface area contributed by atoms with Gasteiger partial charge in [-0.3, -0.25) is 9.13 Å². The van der Waals surface area contributed by atoms with E-state index in [9.17, 15) is 4.79 Å². The minimum atomic E-state index is 0.00347. The Kier molecular flexibility index (Phi) is 2.35. The molecule has 1 aliphatic rings. The Labute approximate surface area is 97.9 Å². The summed E-state index contributed by atoms with van der Waals surface area (Å²) in [5.74, 6) is 1.16. The van der Waals surface area contributed by atoms with Gasteiger partial charge in [0, 0.05) is 24.9 Å². The van der Waals surface area contributed by atoms with Crippen LogP contribution in [0.3, 0.4) is 0 Å². The highest BCUT2D eigenvalue weighted by Crippen LogP contribution is 2.33. The lowest BCUT2D eigenvalue weighted by atomic mass is 10.5. The maximum Gasteiger partial charge on any atom is 0.328 e. The molecule has 90 valence electrons. The molecule has 0 spiro atoms. The Hall–Kier alpha value is -1.85. The Morgan fingerprint density at radius 3 is 2.94 bits per heavy atom. The third-order valence-corrected chi connectivity index (χ3v) is 2.95. The lowest BCUT2D eigenvalue weighted by Gasteiger charge is -1.96. The molecule has 0 bridgehead atoms. The quantitative estimate of drug-likeness (QED) is 0.790. The highest BCUT2D eigenvalue weighted by Gasteiger charge is 2.25. The number of aryl methyl sites for hydroxylation is 1. The Morgan fingerprint density at radius 1 is 1.47 bits per heavy atom. The van der Waals surface area contributed by atoms with Crippen molar-refractivity contribution in [2.24, 2.45) is 0 Å². The molecule has 0 atom stereocenters. The van der Waals surface area contributed by atoms with Crippen LogP contribution in [0.1, 0.15) is 37.5 Å². The zero-order chi connectivity index (χ0) is 11.8. The first-order valence-corrected chi connectivity index (χ1v) is 5.86. The molecule has 6 nitrogen and oxygen atoms in total. The first kappa shape index (κ1) is 10.3. The molecule has 2 aromatic heterocycles. The van der Waals surface area contributed by atoms with Gasteiger partial charge in [0.15, 0.2) is 5.82 Å². The number of hydrogen-bond donors (Lipinski definition) is 0. The van der Waals surface area contributed by atoms with E-state index in [-0.39, 0.29) is 5.69 Å². The number of rotatable bonds is 4. The molecular weight excluding hydrogens is 220 g/mol. The molecule has 0 unspecified atom stereocenters. The second-order valence-electron chi connectivity index (χ2n) is 4.30. The van der Waals surface area contributed by atoms with E-state index in [0.29, 0.717) is 24.3 Å². The highest BCUT2D eigenvalue weighted by molar-refractivity contribution is 4.94. The average molecular weight is 234 g/mol. The van der Waals surface area contributed by atoms with Crippen LogP contribution in [0.4, 0.5) is 0 Å². The fraction of sp³-hybridized carbons (Fsp3) is 0.545. The normalized spacial score (nSPS) is 15.4. The summed E-state index contributed by atoms with van der Waals surface area (Å²) in [6.07, 6.45) is 6.55. The molecule has 0 aliphatic heterocycles. The molecule has 0 N–H and O–H groups in total. The fourth-order valence-corrected chi connectivity index (χ4v) is 1.82. The van der Waals surface area contributed by atoms with Crippen LogP contribution in [0.25, 0.3) is 0 Å². The molecule has 1 aliphatic carbocycles. The molecule has 0 amide bonds. The summed E-state index contributed by atoms with van der Waals surface area (Å²) < 4.78 is 8.45. The van der Waals surface area contributed by atoms with Crippen molar-refractivity contribution in [3.8, 4) is 0 Å². The van der Waals surface area contributed by atoms with Crippen molar-refractivity contribution in [2.75, 3.05) is 0 Å². The van der Waals surface area contributed by atoms with E-state index in [4.69, 9.17) is 4.52 Å². The molecule has 2 heterocycles. The number of nitrogens with zero attached hydrogens (tertiary/aromatic N) is 4. The van der Waals surface area contributed by atoms with E-state index < -0.39 is 0 Å². The predicted octanol–water partition coefficient (Wildman–Crippen LogP) is 0.978. The predicted molar refractivity (Wildman–Crippen MR) is 59.7 cm³/mol. The van der Waals surface area contributed by atoms with E-state index in [1.165, 1.54) is 0 Å². The van der Waals surface area contributed by atoms with Crippen LogP contribution in [0.15, 0.2) is 21.7 Å². The molecule has 17 heavy (non-hydrogen) atoms. The summed E-state index contributed by atoms with van der Waals surface area (Å²) in [6, 6.07) is 0.401. The third kappa shape index (κ3) is 1.90. The van der Waals surface area contributed by atoms with Gasteiger partial charge in [-0.1, -0.05) is 12.1 Å². The summed E-state index contributed by atoms with van der Waals surface area (Å²) in [4.78, 5) is 16.2. The molecule has 6 heteroatoms. The van der Waals surface area contributed by atoms with Gasteiger partial charge in [0.1, 0.15) is 6.54 Å². The van der Waals surface area contributed by atoms with E-state index in [0.717, 1.165) is 19.3 Å². The second-order valence-corrected chi connectivity index (χ2v) is 4.30. The molecule has 1 saturated carbocycles. The summed E-state index contributed by atoms with van der Waals surface area (Å²) in [7, 11) is 0. The van der Waals surface area contributed by atoms with Crippen LogP contribution >= 0.6 is 0 Å².